The van der Waals surface area contributed by atoms with E-state index in [1.807, 2.05) is 0 Å². The lowest BCUT2D eigenvalue weighted by Crippen LogP contribution is -2.09. The molecule has 134 valence electrons. The second-order valence-electron chi connectivity index (χ2n) is 4.72. The summed E-state index contributed by atoms with van der Waals surface area (Å²) in [4.78, 5) is 16.4. The van der Waals surface area contributed by atoms with E-state index in [9.17, 15) is 18.0 Å². The molecule has 2 rings (SSSR count). The van der Waals surface area contributed by atoms with E-state index in [2.05, 4.69) is 16.9 Å². The number of thiazole rings is 1. The Morgan fingerprint density at radius 2 is 2.24 bits per heavy atom. The zero-order chi connectivity index (χ0) is 18.3. The van der Waals surface area contributed by atoms with Gasteiger partial charge in [-0.2, -0.15) is 13.2 Å². The maximum absolute atomic E-state index is 12.6. The molecule has 9 heteroatoms. The van der Waals surface area contributed by atoms with Gasteiger partial charge in [0.15, 0.2) is 10.8 Å². The maximum atomic E-state index is 12.6. The number of halogens is 3. The predicted octanol–water partition coefficient (Wildman–Crippen LogP) is 4.71. The number of nitrogens with one attached hydrogen (secondary N) is 1. The molecular formula is C16H15F3N2O2S2. The molecule has 0 amide bonds. The SMILES string of the molecule is C=CCNc1nc(C(=O)OCCSc2cccc(C(F)(F)F)c2)cs1. The minimum atomic E-state index is -4.37. The van der Waals surface area contributed by atoms with Crippen LogP contribution in [-0.4, -0.2) is 29.9 Å². The third kappa shape index (κ3) is 6.09. The van der Waals surface area contributed by atoms with Gasteiger partial charge >= 0.3 is 12.1 Å². The molecule has 2 aromatic rings. The van der Waals surface area contributed by atoms with Gasteiger partial charge in [-0.25, -0.2) is 9.78 Å². The van der Waals surface area contributed by atoms with Gasteiger partial charge in [-0.3, -0.25) is 0 Å². The van der Waals surface area contributed by atoms with E-state index in [1.54, 1.807) is 17.5 Å². The van der Waals surface area contributed by atoms with Crippen LogP contribution in [0.15, 0.2) is 47.2 Å². The van der Waals surface area contributed by atoms with Crippen molar-refractivity contribution in [1.29, 1.82) is 0 Å². The van der Waals surface area contributed by atoms with Crippen molar-refractivity contribution in [3.8, 4) is 0 Å². The molecule has 4 nitrogen and oxygen atoms in total. The summed E-state index contributed by atoms with van der Waals surface area (Å²) in [6.45, 7) is 4.18. The van der Waals surface area contributed by atoms with Crippen molar-refractivity contribution >= 4 is 34.2 Å². The van der Waals surface area contributed by atoms with Crippen LogP contribution in [0.5, 0.6) is 0 Å². The number of anilines is 1. The molecular weight excluding hydrogens is 373 g/mol. The minimum Gasteiger partial charge on any atom is -0.460 e. The Morgan fingerprint density at radius 1 is 1.44 bits per heavy atom. The monoisotopic (exact) mass is 388 g/mol. The summed E-state index contributed by atoms with van der Waals surface area (Å²) < 4.78 is 43.0. The zero-order valence-electron chi connectivity index (χ0n) is 13.0. The van der Waals surface area contributed by atoms with Crippen molar-refractivity contribution in [3.63, 3.8) is 0 Å². The topological polar surface area (TPSA) is 51.2 Å². The lowest BCUT2D eigenvalue weighted by molar-refractivity contribution is -0.137. The Labute approximate surface area is 151 Å². The van der Waals surface area contributed by atoms with Gasteiger partial charge in [0.1, 0.15) is 6.61 Å². The molecule has 1 N–H and O–H groups in total. The quantitative estimate of drug-likeness (QED) is 0.307. The molecule has 0 spiro atoms. The molecule has 0 unspecified atom stereocenters. The lowest BCUT2D eigenvalue weighted by Gasteiger charge is -2.08. The number of thioether (sulfide) groups is 1. The predicted molar refractivity (Wildman–Crippen MR) is 93.3 cm³/mol. The molecule has 25 heavy (non-hydrogen) atoms. The van der Waals surface area contributed by atoms with Gasteiger partial charge in [-0.1, -0.05) is 12.1 Å². The average molecular weight is 388 g/mol. The Morgan fingerprint density at radius 3 is 2.96 bits per heavy atom. The number of nitrogens with zero attached hydrogens (tertiary/aromatic N) is 1. The first-order chi connectivity index (χ1) is 11.9. The van der Waals surface area contributed by atoms with Crippen molar-refractivity contribution in [1.82, 2.24) is 4.98 Å². The summed E-state index contributed by atoms with van der Waals surface area (Å²) in [5, 5.41) is 5.13. The molecule has 0 saturated carbocycles. The van der Waals surface area contributed by atoms with Crippen LogP contribution >= 0.6 is 23.1 Å². The molecule has 0 aliphatic carbocycles. The van der Waals surface area contributed by atoms with Gasteiger partial charge in [0, 0.05) is 22.6 Å². The van der Waals surface area contributed by atoms with Crippen molar-refractivity contribution in [2.24, 2.45) is 0 Å². The number of alkyl halides is 3. The van der Waals surface area contributed by atoms with E-state index in [0.717, 1.165) is 12.1 Å². The van der Waals surface area contributed by atoms with E-state index in [0.29, 0.717) is 22.3 Å². The smallest absolute Gasteiger partial charge is 0.416 e. The third-order valence-electron chi connectivity index (χ3n) is 2.86. The maximum Gasteiger partial charge on any atom is 0.416 e. The number of hydrogen-bond donors (Lipinski definition) is 1. The first kappa shape index (κ1) is 19.3. The van der Waals surface area contributed by atoms with Crippen LogP contribution in [0.25, 0.3) is 0 Å². The number of ether oxygens (including phenoxy) is 1. The highest BCUT2D eigenvalue weighted by Crippen LogP contribution is 2.31. The van der Waals surface area contributed by atoms with Gasteiger partial charge in [-0.15, -0.1) is 29.7 Å². The Kier molecular flexibility index (Phi) is 6.89. The fourth-order valence-electron chi connectivity index (χ4n) is 1.74. The summed E-state index contributed by atoms with van der Waals surface area (Å²) >= 11 is 2.46. The van der Waals surface area contributed by atoms with Crippen LogP contribution in [0.1, 0.15) is 16.1 Å². The number of aromatic nitrogens is 1. The van der Waals surface area contributed by atoms with Crippen molar-refractivity contribution in [3.05, 3.63) is 53.6 Å². The van der Waals surface area contributed by atoms with E-state index >= 15 is 0 Å². The van der Waals surface area contributed by atoms with Crippen molar-refractivity contribution in [2.75, 3.05) is 24.2 Å². The van der Waals surface area contributed by atoms with Crippen LogP contribution in [0.3, 0.4) is 0 Å². The Balaban J connectivity index is 1.78. The molecule has 0 saturated heterocycles. The Hall–Kier alpha value is -2.00. The van der Waals surface area contributed by atoms with Gasteiger partial charge in [0.05, 0.1) is 5.56 Å². The molecule has 0 fully saturated rings. The summed E-state index contributed by atoms with van der Waals surface area (Å²) in [6.07, 6.45) is -2.70. The molecule has 0 radical (unpaired) electrons. The van der Waals surface area contributed by atoms with Gasteiger partial charge in [0.2, 0.25) is 0 Å². The van der Waals surface area contributed by atoms with Crippen LogP contribution < -0.4 is 5.32 Å². The average Bonchev–Trinajstić information content (AvgIpc) is 3.05. The molecule has 1 aromatic heterocycles. The molecule has 0 aliphatic heterocycles. The summed E-state index contributed by atoms with van der Waals surface area (Å²) in [5.41, 5.74) is -0.503. The van der Waals surface area contributed by atoms with Crippen molar-refractivity contribution < 1.29 is 22.7 Å². The number of carbonyl (C=O) groups is 1. The second-order valence-corrected chi connectivity index (χ2v) is 6.74. The van der Waals surface area contributed by atoms with E-state index < -0.39 is 17.7 Å². The minimum absolute atomic E-state index is 0.0761. The highest BCUT2D eigenvalue weighted by atomic mass is 32.2. The van der Waals surface area contributed by atoms with E-state index in [4.69, 9.17) is 4.74 Å². The highest BCUT2D eigenvalue weighted by molar-refractivity contribution is 7.99. The number of carbonyl (C=O) groups excluding carboxylic acids is 1. The molecule has 0 aliphatic rings. The largest absolute Gasteiger partial charge is 0.460 e. The van der Waals surface area contributed by atoms with Crippen molar-refractivity contribution in [2.45, 2.75) is 11.1 Å². The van der Waals surface area contributed by atoms with Gasteiger partial charge < -0.3 is 10.1 Å². The number of hydrogen-bond acceptors (Lipinski definition) is 6. The zero-order valence-corrected chi connectivity index (χ0v) is 14.6. The molecule has 1 aromatic carbocycles. The summed E-state index contributed by atoms with van der Waals surface area (Å²) in [7, 11) is 0. The second kappa shape index (κ2) is 8.91. The van der Waals surface area contributed by atoms with Crippen LogP contribution in [0, 0.1) is 0 Å². The van der Waals surface area contributed by atoms with Gasteiger partial charge in [-0.05, 0) is 18.2 Å². The number of benzene rings is 1. The standard InChI is InChI=1S/C16H15F3N2O2S2/c1-2-6-20-15-21-13(10-25-15)14(22)23-7-8-24-12-5-3-4-11(9-12)16(17,18)19/h2-5,9-10H,1,6-8H2,(H,20,21). The Bertz CT molecular complexity index is 732. The normalized spacial score (nSPS) is 11.2. The fourth-order valence-corrected chi connectivity index (χ4v) is 3.22. The number of esters is 1. The molecule has 1 heterocycles. The molecule has 0 atom stereocenters. The molecule has 0 bridgehead atoms. The number of rotatable bonds is 8. The van der Waals surface area contributed by atoms with E-state index in [1.165, 1.54) is 29.2 Å². The summed E-state index contributed by atoms with van der Waals surface area (Å²) in [5.74, 6) is -0.216. The third-order valence-corrected chi connectivity index (χ3v) is 4.62. The highest BCUT2D eigenvalue weighted by Gasteiger charge is 2.30. The van der Waals surface area contributed by atoms with Gasteiger partial charge in [0.25, 0.3) is 0 Å². The van der Waals surface area contributed by atoms with Crippen LogP contribution in [0.4, 0.5) is 18.3 Å². The summed E-state index contributed by atoms with van der Waals surface area (Å²) in [6, 6.07) is 5.03. The van der Waals surface area contributed by atoms with E-state index in [-0.39, 0.29) is 12.3 Å². The lowest BCUT2D eigenvalue weighted by atomic mass is 10.2. The van der Waals surface area contributed by atoms with Crippen LogP contribution in [-0.2, 0) is 10.9 Å². The fraction of sp³-hybridized carbons (Fsp3) is 0.250. The first-order valence-corrected chi connectivity index (χ1v) is 9.04. The first-order valence-electron chi connectivity index (χ1n) is 7.17. The van der Waals surface area contributed by atoms with Crippen LogP contribution in [0.2, 0.25) is 0 Å².